The van der Waals surface area contributed by atoms with Gasteiger partial charge < -0.3 is 9.72 Å². The summed E-state index contributed by atoms with van der Waals surface area (Å²) in [6, 6.07) is 12.3. The Morgan fingerprint density at radius 2 is 1.93 bits per heavy atom. The zero-order chi connectivity index (χ0) is 19.6. The SMILES string of the molecule is CC(C)Oc1c(Cl)cc(/C=C(/C#N)c2nc3ccccc3c(=O)[nH]2)cc1Cl. The second-order valence-corrected chi connectivity index (χ2v) is 6.90. The summed E-state index contributed by atoms with van der Waals surface area (Å²) in [5.74, 6) is 0.567. The van der Waals surface area contributed by atoms with Crippen molar-refractivity contribution < 1.29 is 4.74 Å². The molecule has 0 aliphatic heterocycles. The van der Waals surface area contributed by atoms with E-state index in [0.717, 1.165) is 0 Å². The summed E-state index contributed by atoms with van der Waals surface area (Å²) in [4.78, 5) is 19.2. The number of hydrogen-bond acceptors (Lipinski definition) is 4. The fraction of sp³-hybridized carbons (Fsp3) is 0.150. The van der Waals surface area contributed by atoms with Crippen molar-refractivity contribution in [2.45, 2.75) is 20.0 Å². The maximum Gasteiger partial charge on any atom is 0.259 e. The molecule has 1 heterocycles. The molecule has 1 aromatic heterocycles. The van der Waals surface area contributed by atoms with Crippen LogP contribution >= 0.6 is 23.2 Å². The molecule has 3 rings (SSSR count). The first-order valence-electron chi connectivity index (χ1n) is 8.16. The third kappa shape index (κ3) is 4.13. The molecule has 27 heavy (non-hydrogen) atoms. The Balaban J connectivity index is 2.08. The van der Waals surface area contributed by atoms with Crippen LogP contribution in [0.25, 0.3) is 22.6 Å². The van der Waals surface area contributed by atoms with Crippen LogP contribution in [0.4, 0.5) is 0 Å². The highest BCUT2D eigenvalue weighted by atomic mass is 35.5. The standard InChI is InChI=1S/C20H15Cl2N3O2/c1-11(2)27-18-15(21)8-12(9-16(18)22)7-13(10-23)19-24-17-6-4-3-5-14(17)20(26)25-19/h3-9,11H,1-2H3,(H,24,25,26)/b13-7-. The number of nitrogens with one attached hydrogen (secondary N) is 1. The molecule has 0 radical (unpaired) electrons. The number of benzene rings is 2. The van der Waals surface area contributed by atoms with Gasteiger partial charge in [0, 0.05) is 0 Å². The van der Waals surface area contributed by atoms with Gasteiger partial charge in [-0.05, 0) is 49.8 Å². The summed E-state index contributed by atoms with van der Waals surface area (Å²) in [6.45, 7) is 3.74. The van der Waals surface area contributed by atoms with Gasteiger partial charge in [0.05, 0.1) is 32.6 Å². The monoisotopic (exact) mass is 399 g/mol. The Morgan fingerprint density at radius 1 is 1.26 bits per heavy atom. The third-order valence-corrected chi connectivity index (χ3v) is 4.24. The number of ether oxygens (including phenoxy) is 1. The molecule has 0 bridgehead atoms. The van der Waals surface area contributed by atoms with E-state index in [0.29, 0.717) is 32.3 Å². The van der Waals surface area contributed by atoms with E-state index in [1.165, 1.54) is 0 Å². The predicted molar refractivity (Wildman–Crippen MR) is 108 cm³/mol. The van der Waals surface area contributed by atoms with E-state index in [1.54, 1.807) is 42.5 Å². The first-order valence-corrected chi connectivity index (χ1v) is 8.91. The van der Waals surface area contributed by atoms with Gasteiger partial charge in [-0.15, -0.1) is 0 Å². The summed E-state index contributed by atoms with van der Waals surface area (Å²) in [7, 11) is 0. The lowest BCUT2D eigenvalue weighted by atomic mass is 10.1. The van der Waals surface area contributed by atoms with Crippen LogP contribution < -0.4 is 10.3 Å². The average molecular weight is 400 g/mol. The van der Waals surface area contributed by atoms with Gasteiger partial charge in [-0.3, -0.25) is 4.79 Å². The van der Waals surface area contributed by atoms with E-state index in [9.17, 15) is 10.1 Å². The van der Waals surface area contributed by atoms with Gasteiger partial charge in [-0.25, -0.2) is 4.98 Å². The van der Waals surface area contributed by atoms with Crippen LogP contribution in [0.1, 0.15) is 25.2 Å². The predicted octanol–water partition coefficient (Wildman–Crippen LogP) is 5.08. The quantitative estimate of drug-likeness (QED) is 0.620. The summed E-state index contributed by atoms with van der Waals surface area (Å²) < 4.78 is 5.60. The molecular weight excluding hydrogens is 385 g/mol. The fourth-order valence-corrected chi connectivity index (χ4v) is 3.14. The Kier molecular flexibility index (Phi) is 5.50. The van der Waals surface area contributed by atoms with E-state index in [1.807, 2.05) is 13.8 Å². The van der Waals surface area contributed by atoms with Crippen LogP contribution in [0, 0.1) is 11.3 Å². The molecule has 0 saturated heterocycles. The van der Waals surface area contributed by atoms with Crippen LogP contribution in [-0.4, -0.2) is 16.1 Å². The highest BCUT2D eigenvalue weighted by Crippen LogP contribution is 2.35. The molecule has 0 amide bonds. The highest BCUT2D eigenvalue weighted by Gasteiger charge is 2.13. The topological polar surface area (TPSA) is 78.8 Å². The Labute approximate surface area is 165 Å². The van der Waals surface area contributed by atoms with Crippen LogP contribution in [0.2, 0.25) is 10.0 Å². The summed E-state index contributed by atoms with van der Waals surface area (Å²) in [5.41, 5.74) is 0.971. The third-order valence-electron chi connectivity index (χ3n) is 3.67. The van der Waals surface area contributed by atoms with Crippen LogP contribution in [0.5, 0.6) is 5.75 Å². The number of para-hydroxylation sites is 1. The molecule has 0 atom stereocenters. The van der Waals surface area contributed by atoms with Gasteiger partial charge in [0.1, 0.15) is 6.07 Å². The number of hydrogen-bond donors (Lipinski definition) is 1. The van der Waals surface area contributed by atoms with E-state index in [4.69, 9.17) is 27.9 Å². The molecule has 5 nitrogen and oxygen atoms in total. The first kappa shape index (κ1) is 19.0. The number of nitriles is 1. The molecule has 7 heteroatoms. The molecule has 1 N–H and O–H groups in total. The molecular formula is C20H15Cl2N3O2. The minimum Gasteiger partial charge on any atom is -0.488 e. The maximum atomic E-state index is 12.2. The van der Waals surface area contributed by atoms with E-state index in [-0.39, 0.29) is 23.1 Å². The number of aromatic amines is 1. The number of aromatic nitrogens is 2. The number of allylic oxidation sites excluding steroid dienone is 1. The molecule has 0 saturated carbocycles. The number of nitrogens with zero attached hydrogens (tertiary/aromatic N) is 2. The van der Waals surface area contributed by atoms with Crippen LogP contribution in [0.15, 0.2) is 41.2 Å². The summed E-state index contributed by atoms with van der Waals surface area (Å²) in [6.07, 6.45) is 1.48. The molecule has 3 aromatic rings. The molecule has 0 aliphatic carbocycles. The van der Waals surface area contributed by atoms with Crippen molar-refractivity contribution >= 4 is 45.8 Å². The van der Waals surface area contributed by atoms with Crippen molar-refractivity contribution in [3.05, 3.63) is 68.2 Å². The van der Waals surface area contributed by atoms with E-state index >= 15 is 0 Å². The molecule has 0 fully saturated rings. The molecule has 2 aromatic carbocycles. The van der Waals surface area contributed by atoms with E-state index in [2.05, 4.69) is 16.0 Å². The normalized spacial score (nSPS) is 11.6. The van der Waals surface area contributed by atoms with Crippen molar-refractivity contribution in [1.82, 2.24) is 9.97 Å². The Morgan fingerprint density at radius 3 is 2.56 bits per heavy atom. The smallest absolute Gasteiger partial charge is 0.259 e. The lowest BCUT2D eigenvalue weighted by molar-refractivity contribution is 0.243. The number of rotatable bonds is 4. The number of halogens is 2. The van der Waals surface area contributed by atoms with Gasteiger partial charge in [0.15, 0.2) is 11.6 Å². The van der Waals surface area contributed by atoms with Crippen molar-refractivity contribution in [2.75, 3.05) is 0 Å². The molecule has 0 spiro atoms. The largest absolute Gasteiger partial charge is 0.488 e. The lowest BCUT2D eigenvalue weighted by Gasteiger charge is -2.13. The highest BCUT2D eigenvalue weighted by molar-refractivity contribution is 6.37. The van der Waals surface area contributed by atoms with Gasteiger partial charge in [-0.2, -0.15) is 5.26 Å². The average Bonchev–Trinajstić information content (AvgIpc) is 2.62. The van der Waals surface area contributed by atoms with E-state index < -0.39 is 0 Å². The summed E-state index contributed by atoms with van der Waals surface area (Å²) >= 11 is 12.5. The lowest BCUT2D eigenvalue weighted by Crippen LogP contribution is -2.11. The summed E-state index contributed by atoms with van der Waals surface area (Å²) in [5, 5.41) is 10.7. The van der Waals surface area contributed by atoms with Crippen molar-refractivity contribution in [2.24, 2.45) is 0 Å². The van der Waals surface area contributed by atoms with Crippen LogP contribution in [-0.2, 0) is 0 Å². The Hall–Kier alpha value is -2.81. The van der Waals surface area contributed by atoms with Gasteiger partial charge in [-0.1, -0.05) is 35.3 Å². The zero-order valence-corrected chi connectivity index (χ0v) is 16.1. The zero-order valence-electron chi connectivity index (χ0n) is 14.6. The molecule has 136 valence electrons. The minimum absolute atomic E-state index is 0.0806. The van der Waals surface area contributed by atoms with Gasteiger partial charge >= 0.3 is 0 Å². The minimum atomic E-state index is -0.312. The second kappa shape index (κ2) is 7.83. The van der Waals surface area contributed by atoms with Crippen molar-refractivity contribution in [3.63, 3.8) is 0 Å². The van der Waals surface area contributed by atoms with Crippen molar-refractivity contribution in [1.29, 1.82) is 5.26 Å². The van der Waals surface area contributed by atoms with Crippen LogP contribution in [0.3, 0.4) is 0 Å². The van der Waals surface area contributed by atoms with Gasteiger partial charge in [0.25, 0.3) is 5.56 Å². The second-order valence-electron chi connectivity index (χ2n) is 6.08. The fourth-order valence-electron chi connectivity index (χ4n) is 2.55. The van der Waals surface area contributed by atoms with Gasteiger partial charge in [0.2, 0.25) is 0 Å². The Bertz CT molecular complexity index is 1120. The number of H-pyrrole nitrogens is 1. The molecule has 0 aliphatic rings. The van der Waals surface area contributed by atoms with Crippen molar-refractivity contribution in [3.8, 4) is 11.8 Å². The first-order chi connectivity index (χ1) is 12.9. The maximum absolute atomic E-state index is 12.2. The molecule has 0 unspecified atom stereocenters. The number of fused-ring (bicyclic) bond motifs is 1.